The summed E-state index contributed by atoms with van der Waals surface area (Å²) in [5.74, 6) is 0.522. The van der Waals surface area contributed by atoms with Gasteiger partial charge in [0.15, 0.2) is 17.7 Å². The van der Waals surface area contributed by atoms with Gasteiger partial charge in [0, 0.05) is 31.7 Å². The van der Waals surface area contributed by atoms with Gasteiger partial charge in [0.2, 0.25) is 0 Å². The molecule has 2 aromatic heterocycles. The van der Waals surface area contributed by atoms with E-state index in [0.717, 1.165) is 44.4 Å². The first kappa shape index (κ1) is 24.1. The summed E-state index contributed by atoms with van der Waals surface area (Å²) in [7, 11) is 1.56. The van der Waals surface area contributed by atoms with E-state index in [2.05, 4.69) is 25.4 Å². The Hall–Kier alpha value is -3.27. The highest BCUT2D eigenvalue weighted by Crippen LogP contribution is 2.52. The maximum absolute atomic E-state index is 15.7. The molecule has 194 valence electrons. The van der Waals surface area contributed by atoms with E-state index in [0.29, 0.717) is 29.3 Å². The lowest BCUT2D eigenvalue weighted by molar-refractivity contribution is 0.0564. The molecule has 2 saturated carbocycles. The zero-order valence-electron chi connectivity index (χ0n) is 21.1. The number of halogens is 2. The molecule has 10 heteroatoms. The van der Waals surface area contributed by atoms with Crippen molar-refractivity contribution in [2.75, 3.05) is 18.4 Å². The fourth-order valence-corrected chi connectivity index (χ4v) is 5.22. The van der Waals surface area contributed by atoms with Crippen LogP contribution in [0.1, 0.15) is 84.5 Å². The summed E-state index contributed by atoms with van der Waals surface area (Å²) in [6.07, 6.45) is 5.22. The lowest BCUT2D eigenvalue weighted by Crippen LogP contribution is -2.25. The molecule has 8 nitrogen and oxygen atoms in total. The largest absolute Gasteiger partial charge is 0.321 e. The third-order valence-electron chi connectivity index (χ3n) is 7.97. The number of carbonyl (C=O) groups is 1. The van der Waals surface area contributed by atoms with Crippen molar-refractivity contribution in [3.05, 3.63) is 65.3 Å². The van der Waals surface area contributed by atoms with Crippen molar-refractivity contribution < 1.29 is 13.6 Å². The van der Waals surface area contributed by atoms with Gasteiger partial charge in [0.1, 0.15) is 17.8 Å². The van der Waals surface area contributed by atoms with Gasteiger partial charge in [-0.2, -0.15) is 0 Å². The van der Waals surface area contributed by atoms with E-state index in [1.165, 1.54) is 42.3 Å². The quantitative estimate of drug-likeness (QED) is 0.479. The second-order valence-electron chi connectivity index (χ2n) is 11.1. The van der Waals surface area contributed by atoms with Crippen LogP contribution in [0, 0.1) is 5.41 Å². The molecule has 0 radical (unpaired) electrons. The Morgan fingerprint density at radius 1 is 1.24 bits per heavy atom. The van der Waals surface area contributed by atoms with Crippen LogP contribution in [0.3, 0.4) is 0 Å². The summed E-state index contributed by atoms with van der Waals surface area (Å²) in [4.78, 5) is 25.0. The van der Waals surface area contributed by atoms with Crippen molar-refractivity contribution in [1.29, 1.82) is 0 Å². The van der Waals surface area contributed by atoms with Crippen LogP contribution in [0.15, 0.2) is 36.7 Å². The van der Waals surface area contributed by atoms with Gasteiger partial charge in [0.05, 0.1) is 5.69 Å². The minimum absolute atomic E-state index is 0.0888. The lowest BCUT2D eigenvalue weighted by atomic mass is 9.92. The topological polar surface area (TPSA) is 88.8 Å². The second-order valence-corrected chi connectivity index (χ2v) is 11.1. The Bertz CT molecular complexity index is 1330. The number of rotatable bonds is 8. The Morgan fingerprint density at radius 2 is 2.05 bits per heavy atom. The van der Waals surface area contributed by atoms with Crippen LogP contribution in [0.5, 0.6) is 0 Å². The molecule has 1 aliphatic heterocycles. The van der Waals surface area contributed by atoms with Crippen molar-refractivity contribution in [3.63, 3.8) is 0 Å². The number of carbonyl (C=O) groups excluding carboxylic acids is 1. The van der Waals surface area contributed by atoms with Crippen LogP contribution in [0.25, 0.3) is 0 Å². The summed E-state index contributed by atoms with van der Waals surface area (Å²) in [6.45, 7) is 4.02. The highest BCUT2D eigenvalue weighted by molar-refractivity contribution is 6.03. The van der Waals surface area contributed by atoms with Crippen LogP contribution in [-0.2, 0) is 19.3 Å². The Labute approximate surface area is 214 Å². The van der Waals surface area contributed by atoms with Gasteiger partial charge in [-0.15, -0.1) is 10.2 Å². The van der Waals surface area contributed by atoms with E-state index in [1.54, 1.807) is 25.2 Å². The highest BCUT2D eigenvalue weighted by Gasteiger charge is 2.47. The Balaban J connectivity index is 1.20. The maximum Gasteiger partial charge on any atom is 0.274 e. The van der Waals surface area contributed by atoms with Crippen LogP contribution >= 0.6 is 0 Å². The molecule has 3 fully saturated rings. The van der Waals surface area contributed by atoms with E-state index in [4.69, 9.17) is 4.98 Å². The molecule has 1 spiro atoms. The summed E-state index contributed by atoms with van der Waals surface area (Å²) in [5, 5.41) is 10.2. The van der Waals surface area contributed by atoms with Crippen molar-refractivity contribution in [3.8, 4) is 0 Å². The third-order valence-corrected chi connectivity index (χ3v) is 7.97. The normalized spacial score (nSPS) is 21.1. The minimum atomic E-state index is -2.38. The van der Waals surface area contributed by atoms with Gasteiger partial charge >= 0.3 is 0 Å². The highest BCUT2D eigenvalue weighted by atomic mass is 19.2. The molecule has 1 aromatic carbocycles. The fourth-order valence-electron chi connectivity index (χ4n) is 5.22. The number of aryl methyl sites for hydroxylation is 1. The molecule has 0 bridgehead atoms. The predicted molar refractivity (Wildman–Crippen MR) is 133 cm³/mol. The van der Waals surface area contributed by atoms with E-state index in [1.807, 2.05) is 0 Å². The van der Waals surface area contributed by atoms with Crippen LogP contribution in [0.4, 0.5) is 14.5 Å². The molecule has 37 heavy (non-hydrogen) atoms. The van der Waals surface area contributed by atoms with E-state index < -0.39 is 17.7 Å². The molecular weight excluding hydrogens is 476 g/mol. The van der Waals surface area contributed by atoms with Crippen molar-refractivity contribution in [2.24, 2.45) is 12.5 Å². The average Bonchev–Trinajstić information content (AvgIpc) is 3.78. The minimum Gasteiger partial charge on any atom is -0.321 e. The lowest BCUT2D eigenvalue weighted by Gasteiger charge is -2.25. The van der Waals surface area contributed by atoms with Crippen LogP contribution < -0.4 is 5.32 Å². The summed E-state index contributed by atoms with van der Waals surface area (Å²) in [5.41, 5.74) is -0.256. The molecule has 2 aliphatic carbocycles. The number of alkyl halides is 2. The fraction of sp³-hybridized carbons (Fsp3) is 0.519. The van der Waals surface area contributed by atoms with Crippen molar-refractivity contribution in [1.82, 2.24) is 29.6 Å². The molecule has 3 aromatic rings. The van der Waals surface area contributed by atoms with Gasteiger partial charge in [-0.25, -0.2) is 18.7 Å². The number of anilines is 1. The molecule has 1 N–H and O–H groups in total. The first-order valence-electron chi connectivity index (χ1n) is 12.9. The predicted octanol–water partition coefficient (Wildman–Crippen LogP) is 4.62. The number of likely N-dealkylation sites (tertiary alicyclic amines) is 1. The average molecular weight is 508 g/mol. The Morgan fingerprint density at radius 3 is 2.73 bits per heavy atom. The smallest absolute Gasteiger partial charge is 0.274 e. The zero-order chi connectivity index (χ0) is 25.8. The molecule has 0 unspecified atom stereocenters. The number of aromatic nitrogens is 5. The zero-order valence-corrected chi connectivity index (χ0v) is 21.1. The first-order valence-corrected chi connectivity index (χ1v) is 12.9. The summed E-state index contributed by atoms with van der Waals surface area (Å²) in [6, 6.07) is 7.94. The number of nitrogens with one attached hydrogen (secondary N) is 1. The summed E-state index contributed by atoms with van der Waals surface area (Å²) >= 11 is 0. The molecule has 3 heterocycles. The first-order chi connectivity index (χ1) is 17.7. The number of nitrogens with zero attached hydrogens (tertiary/aromatic N) is 6. The SMILES string of the molecule is Cn1cnnc1[C@H](F)[C@](C)(F)c1cccc(NC(=O)c2cc(CN3CCC4(CC4)C3)nc(C3CC3)n2)c1. The molecule has 1 saturated heterocycles. The molecule has 1 amide bonds. The van der Waals surface area contributed by atoms with Gasteiger partial charge in [0.25, 0.3) is 5.91 Å². The van der Waals surface area contributed by atoms with Gasteiger partial charge in [-0.05, 0) is 74.8 Å². The van der Waals surface area contributed by atoms with Gasteiger partial charge in [-0.1, -0.05) is 12.1 Å². The van der Waals surface area contributed by atoms with Crippen LogP contribution in [0.2, 0.25) is 0 Å². The van der Waals surface area contributed by atoms with E-state index in [9.17, 15) is 4.79 Å². The van der Waals surface area contributed by atoms with Gasteiger partial charge in [-0.3, -0.25) is 9.69 Å². The summed E-state index contributed by atoms with van der Waals surface area (Å²) < 4.78 is 32.1. The molecule has 2 atom stereocenters. The maximum atomic E-state index is 15.7. The van der Waals surface area contributed by atoms with E-state index >= 15 is 8.78 Å². The second kappa shape index (κ2) is 8.93. The van der Waals surface area contributed by atoms with Crippen molar-refractivity contribution >= 4 is 11.6 Å². The number of hydrogen-bond acceptors (Lipinski definition) is 6. The van der Waals surface area contributed by atoms with Gasteiger partial charge < -0.3 is 9.88 Å². The molecule has 3 aliphatic rings. The van der Waals surface area contributed by atoms with Crippen LogP contribution in [-0.4, -0.2) is 48.6 Å². The monoisotopic (exact) mass is 507 g/mol. The Kier molecular flexibility index (Phi) is 5.82. The number of benzene rings is 1. The van der Waals surface area contributed by atoms with E-state index in [-0.39, 0.29) is 11.4 Å². The third kappa shape index (κ3) is 4.86. The standard InChI is InChI=1S/C27H31F2N7O/c1-26(29,22(28)24-34-30-16-35(24)2)18-4-3-5-19(12-18)32-25(37)21-13-20(31-23(33-21)17-6-7-17)14-36-11-10-27(15-36)8-9-27/h3-5,12-13,16-17,22H,6-11,14-15H2,1-2H3,(H,32,37)/t22-,26+/m0/s1. The number of hydrogen-bond donors (Lipinski definition) is 1. The molecule has 6 rings (SSSR count). The molecular formula is C27H31F2N7O. The van der Waals surface area contributed by atoms with Crippen molar-refractivity contribution in [2.45, 2.75) is 63.3 Å². The number of amides is 1.